The molecule has 1 heterocycles. The minimum atomic E-state index is -0.202. The Balaban J connectivity index is 1.28. The van der Waals surface area contributed by atoms with Crippen LogP contribution in [0.3, 0.4) is 0 Å². The molecule has 0 amide bonds. The molecule has 0 spiro atoms. The van der Waals surface area contributed by atoms with Gasteiger partial charge in [0.15, 0.2) is 8.68 Å². The van der Waals surface area contributed by atoms with E-state index in [1.807, 2.05) is 48.5 Å². The zero-order valence-electron chi connectivity index (χ0n) is 16.2. The van der Waals surface area contributed by atoms with E-state index < -0.39 is 0 Å². The van der Waals surface area contributed by atoms with Crippen LogP contribution < -0.4 is 0 Å². The highest BCUT2D eigenvalue weighted by Gasteiger charge is 2.11. The van der Waals surface area contributed by atoms with Gasteiger partial charge in [-0.05, 0) is 34.0 Å². The largest absolute Gasteiger partial charge is 0.206 e. The highest BCUT2D eigenvalue weighted by Crippen LogP contribution is 2.35. The SMILES string of the molecule is Fc1ccc(CSc2nnc(SCc3ccc(F)c4ccccc34)s2)c2ccccc12. The molecule has 31 heavy (non-hydrogen) atoms. The fourth-order valence-electron chi connectivity index (χ4n) is 3.49. The summed E-state index contributed by atoms with van der Waals surface area (Å²) in [6.07, 6.45) is 0. The van der Waals surface area contributed by atoms with E-state index in [1.165, 1.54) is 12.1 Å². The third-order valence-corrected chi connectivity index (χ3v) is 8.30. The minimum absolute atomic E-state index is 0.202. The van der Waals surface area contributed by atoms with Gasteiger partial charge in [-0.25, -0.2) is 8.78 Å². The summed E-state index contributed by atoms with van der Waals surface area (Å²) in [5.41, 5.74) is 2.15. The van der Waals surface area contributed by atoms with Crippen molar-refractivity contribution in [3.63, 3.8) is 0 Å². The van der Waals surface area contributed by atoms with Crippen molar-refractivity contribution in [3.05, 3.63) is 95.6 Å². The zero-order chi connectivity index (χ0) is 21.2. The second-order valence-electron chi connectivity index (χ2n) is 6.92. The van der Waals surface area contributed by atoms with Gasteiger partial charge in [0, 0.05) is 22.3 Å². The maximum atomic E-state index is 14.0. The van der Waals surface area contributed by atoms with Crippen LogP contribution in [0, 0.1) is 11.6 Å². The van der Waals surface area contributed by atoms with Crippen LogP contribution in [0.2, 0.25) is 0 Å². The third-order valence-electron chi connectivity index (χ3n) is 5.01. The summed E-state index contributed by atoms with van der Waals surface area (Å²) in [6, 6.07) is 21.8. The highest BCUT2D eigenvalue weighted by atomic mass is 32.2. The van der Waals surface area contributed by atoms with Crippen molar-refractivity contribution in [1.29, 1.82) is 0 Å². The van der Waals surface area contributed by atoms with Gasteiger partial charge < -0.3 is 0 Å². The Morgan fingerprint density at radius 1 is 0.581 bits per heavy atom. The van der Waals surface area contributed by atoms with Crippen molar-refractivity contribution in [3.8, 4) is 0 Å². The Labute approximate surface area is 190 Å². The van der Waals surface area contributed by atoms with Gasteiger partial charge in [0.05, 0.1) is 0 Å². The monoisotopic (exact) mass is 466 g/mol. The van der Waals surface area contributed by atoms with Crippen LogP contribution in [0.5, 0.6) is 0 Å². The summed E-state index contributed by atoms with van der Waals surface area (Å²) in [7, 11) is 0. The number of hydrogen-bond donors (Lipinski definition) is 0. The first-order valence-corrected chi connectivity index (χ1v) is 12.4. The molecule has 0 fully saturated rings. The molecular weight excluding hydrogens is 450 g/mol. The standard InChI is InChI=1S/C24H16F2N2S3/c25-21-11-9-15(17-5-1-3-7-19(17)21)13-29-23-27-28-24(31-23)30-14-16-10-12-22(26)20-8-4-2-6-18(16)20/h1-12H,13-14H2. The van der Waals surface area contributed by atoms with Crippen LogP contribution in [0.4, 0.5) is 8.78 Å². The number of thioether (sulfide) groups is 2. The second kappa shape index (κ2) is 8.94. The van der Waals surface area contributed by atoms with E-state index in [1.54, 1.807) is 47.0 Å². The van der Waals surface area contributed by atoms with Crippen LogP contribution in [0.1, 0.15) is 11.1 Å². The summed E-state index contributed by atoms with van der Waals surface area (Å²) in [5.74, 6) is 0.991. The lowest BCUT2D eigenvalue weighted by Gasteiger charge is -2.06. The summed E-state index contributed by atoms with van der Waals surface area (Å²) >= 11 is 4.75. The van der Waals surface area contributed by atoms with E-state index in [0.29, 0.717) is 22.3 Å². The van der Waals surface area contributed by atoms with Gasteiger partial charge in [-0.15, -0.1) is 10.2 Å². The highest BCUT2D eigenvalue weighted by molar-refractivity contribution is 8.02. The van der Waals surface area contributed by atoms with Crippen molar-refractivity contribution in [2.24, 2.45) is 0 Å². The minimum Gasteiger partial charge on any atom is -0.206 e. The lowest BCUT2D eigenvalue weighted by Crippen LogP contribution is -1.87. The first kappa shape index (κ1) is 20.4. The molecule has 0 saturated heterocycles. The van der Waals surface area contributed by atoms with Crippen LogP contribution in [-0.4, -0.2) is 10.2 Å². The number of benzene rings is 4. The molecule has 0 aliphatic rings. The smallest absolute Gasteiger partial charge is 0.175 e. The molecule has 0 radical (unpaired) electrons. The van der Waals surface area contributed by atoms with Crippen LogP contribution in [0.15, 0.2) is 81.5 Å². The van der Waals surface area contributed by atoms with Gasteiger partial charge in [0.25, 0.3) is 0 Å². The molecule has 7 heteroatoms. The van der Waals surface area contributed by atoms with Gasteiger partial charge in [-0.1, -0.05) is 95.5 Å². The van der Waals surface area contributed by atoms with Gasteiger partial charge in [-0.2, -0.15) is 0 Å². The third kappa shape index (κ3) is 4.31. The lowest BCUT2D eigenvalue weighted by molar-refractivity contribution is 0.639. The molecule has 4 aromatic carbocycles. The van der Waals surface area contributed by atoms with Gasteiger partial charge >= 0.3 is 0 Å². The predicted octanol–water partition coefficient (Wildman–Crippen LogP) is 7.71. The van der Waals surface area contributed by atoms with E-state index in [2.05, 4.69) is 10.2 Å². The van der Waals surface area contributed by atoms with Gasteiger partial charge in [0.2, 0.25) is 0 Å². The normalized spacial score (nSPS) is 11.4. The van der Waals surface area contributed by atoms with Crippen molar-refractivity contribution in [2.45, 2.75) is 20.2 Å². The van der Waals surface area contributed by atoms with E-state index in [9.17, 15) is 8.78 Å². The summed E-state index contributed by atoms with van der Waals surface area (Å²) < 4.78 is 29.8. The van der Waals surface area contributed by atoms with Crippen molar-refractivity contribution >= 4 is 56.4 Å². The van der Waals surface area contributed by atoms with Gasteiger partial charge in [-0.3, -0.25) is 0 Å². The number of hydrogen-bond acceptors (Lipinski definition) is 5. The molecule has 5 rings (SSSR count). The van der Waals surface area contributed by atoms with E-state index in [0.717, 1.165) is 30.6 Å². The Hall–Kier alpha value is -2.48. The number of aromatic nitrogens is 2. The average molecular weight is 467 g/mol. The number of rotatable bonds is 6. The molecule has 0 N–H and O–H groups in total. The molecule has 5 aromatic rings. The molecule has 0 unspecified atom stereocenters. The van der Waals surface area contributed by atoms with E-state index in [-0.39, 0.29) is 11.6 Å². The molecule has 1 aromatic heterocycles. The Morgan fingerprint density at radius 2 is 1.00 bits per heavy atom. The Bertz CT molecular complexity index is 1280. The summed E-state index contributed by atoms with van der Waals surface area (Å²) in [4.78, 5) is 0. The van der Waals surface area contributed by atoms with Crippen molar-refractivity contribution < 1.29 is 8.78 Å². The second-order valence-corrected chi connectivity index (χ2v) is 10.3. The number of fused-ring (bicyclic) bond motifs is 2. The first-order chi connectivity index (χ1) is 15.2. The summed E-state index contributed by atoms with van der Waals surface area (Å²) in [5, 5.41) is 11.7. The summed E-state index contributed by atoms with van der Waals surface area (Å²) in [6.45, 7) is 0. The molecule has 0 atom stereocenters. The Kier molecular flexibility index (Phi) is 5.89. The Morgan fingerprint density at radius 3 is 1.45 bits per heavy atom. The maximum Gasteiger partial charge on any atom is 0.175 e. The molecule has 0 saturated carbocycles. The number of nitrogens with zero attached hydrogens (tertiary/aromatic N) is 2. The van der Waals surface area contributed by atoms with Crippen molar-refractivity contribution in [1.82, 2.24) is 10.2 Å². The predicted molar refractivity (Wildman–Crippen MR) is 127 cm³/mol. The van der Waals surface area contributed by atoms with E-state index in [4.69, 9.17) is 0 Å². The fraction of sp³-hybridized carbons (Fsp3) is 0.0833. The quantitative estimate of drug-likeness (QED) is 0.239. The fourth-order valence-corrected chi connectivity index (χ4v) is 6.52. The van der Waals surface area contributed by atoms with Crippen LogP contribution in [-0.2, 0) is 11.5 Å². The number of halogens is 2. The molecule has 2 nitrogen and oxygen atoms in total. The van der Waals surface area contributed by atoms with Gasteiger partial charge in [0.1, 0.15) is 11.6 Å². The molecule has 0 aliphatic carbocycles. The molecule has 0 aliphatic heterocycles. The maximum absolute atomic E-state index is 14.0. The molecule has 154 valence electrons. The lowest BCUT2D eigenvalue weighted by atomic mass is 10.1. The van der Waals surface area contributed by atoms with Crippen LogP contribution >= 0.6 is 34.9 Å². The average Bonchev–Trinajstić information content (AvgIpc) is 3.26. The van der Waals surface area contributed by atoms with Crippen molar-refractivity contribution in [2.75, 3.05) is 0 Å². The molecular formula is C24H16F2N2S3. The van der Waals surface area contributed by atoms with Crippen LogP contribution in [0.25, 0.3) is 21.5 Å². The molecule has 0 bridgehead atoms. The first-order valence-electron chi connectivity index (χ1n) is 9.60. The zero-order valence-corrected chi connectivity index (χ0v) is 18.7. The topological polar surface area (TPSA) is 25.8 Å². The van der Waals surface area contributed by atoms with E-state index >= 15 is 0 Å².